The topological polar surface area (TPSA) is 76.1 Å². The van der Waals surface area contributed by atoms with E-state index >= 15 is 0 Å². The lowest BCUT2D eigenvalue weighted by Crippen LogP contribution is -2.26. The Hall–Kier alpha value is -1.85. The van der Waals surface area contributed by atoms with E-state index in [0.717, 1.165) is 0 Å². The first-order chi connectivity index (χ1) is 7.26. The number of carbonyl (C=O) groups is 1. The van der Waals surface area contributed by atoms with Crippen molar-refractivity contribution in [3.63, 3.8) is 0 Å². The number of hydrogen-bond acceptors (Lipinski definition) is 5. The van der Waals surface area contributed by atoms with E-state index in [4.69, 9.17) is 4.74 Å². The van der Waals surface area contributed by atoms with Crippen molar-refractivity contribution in [1.82, 2.24) is 15.3 Å². The fraction of sp³-hybridized carbons (Fsp3) is 0.444. The zero-order valence-electron chi connectivity index (χ0n) is 8.78. The molecule has 0 radical (unpaired) electrons. The number of rotatable bonds is 5. The smallest absolute Gasteiger partial charge is 0.239 e. The van der Waals surface area contributed by atoms with Gasteiger partial charge in [0.2, 0.25) is 17.7 Å². The molecule has 1 aromatic rings. The Morgan fingerprint density at radius 2 is 2.40 bits per heavy atom. The second-order valence-electron chi connectivity index (χ2n) is 2.68. The third-order valence-electron chi connectivity index (χ3n) is 1.61. The van der Waals surface area contributed by atoms with Crippen LogP contribution in [0.3, 0.4) is 0 Å². The van der Waals surface area contributed by atoms with Gasteiger partial charge in [-0.05, 0) is 6.92 Å². The molecule has 0 fully saturated rings. The number of ether oxygens (including phenoxy) is 1. The van der Waals surface area contributed by atoms with Gasteiger partial charge in [-0.2, -0.15) is 4.98 Å². The Labute approximate surface area is 88.1 Å². The number of likely N-dealkylation sites (N-methyl/N-ethyl adjacent to an activating group) is 1. The van der Waals surface area contributed by atoms with Crippen molar-refractivity contribution >= 4 is 11.9 Å². The Morgan fingerprint density at radius 3 is 3.07 bits per heavy atom. The van der Waals surface area contributed by atoms with Crippen LogP contribution in [0.25, 0.3) is 0 Å². The van der Waals surface area contributed by atoms with Crippen molar-refractivity contribution in [3.05, 3.63) is 12.3 Å². The molecule has 2 N–H and O–H groups in total. The number of nitrogens with zero attached hydrogens (tertiary/aromatic N) is 2. The monoisotopic (exact) mass is 210 g/mol. The molecule has 0 aliphatic rings. The molecule has 1 heterocycles. The highest BCUT2D eigenvalue weighted by atomic mass is 16.5. The highest BCUT2D eigenvalue weighted by Crippen LogP contribution is 2.07. The van der Waals surface area contributed by atoms with Crippen LogP contribution in [0.1, 0.15) is 6.92 Å². The summed E-state index contributed by atoms with van der Waals surface area (Å²) in [6, 6.07) is 1.66. The van der Waals surface area contributed by atoms with Crippen LogP contribution in [0.2, 0.25) is 0 Å². The van der Waals surface area contributed by atoms with Gasteiger partial charge in [0.05, 0.1) is 13.2 Å². The molecule has 82 valence electrons. The average molecular weight is 210 g/mol. The molecule has 0 aliphatic carbocycles. The third-order valence-corrected chi connectivity index (χ3v) is 1.61. The lowest BCUT2D eigenvalue weighted by atomic mass is 10.5. The van der Waals surface area contributed by atoms with Gasteiger partial charge in [0.25, 0.3) is 0 Å². The minimum absolute atomic E-state index is 0.125. The number of nitrogens with one attached hydrogen (secondary N) is 2. The second-order valence-corrected chi connectivity index (χ2v) is 2.68. The molecule has 0 atom stereocenters. The van der Waals surface area contributed by atoms with Crippen molar-refractivity contribution in [2.45, 2.75) is 6.92 Å². The maximum absolute atomic E-state index is 10.9. The first kappa shape index (κ1) is 11.2. The summed E-state index contributed by atoms with van der Waals surface area (Å²) in [4.78, 5) is 18.9. The zero-order valence-corrected chi connectivity index (χ0v) is 8.78. The van der Waals surface area contributed by atoms with Gasteiger partial charge < -0.3 is 15.4 Å². The fourth-order valence-corrected chi connectivity index (χ4v) is 0.903. The molecule has 1 amide bonds. The first-order valence-corrected chi connectivity index (χ1v) is 4.66. The van der Waals surface area contributed by atoms with Crippen molar-refractivity contribution in [1.29, 1.82) is 0 Å². The largest absolute Gasteiger partial charge is 0.478 e. The molecule has 6 nitrogen and oxygen atoms in total. The predicted molar refractivity (Wildman–Crippen MR) is 55.8 cm³/mol. The Bertz CT molecular complexity index is 330. The maximum Gasteiger partial charge on any atom is 0.239 e. The molecule has 0 saturated carbocycles. The summed E-state index contributed by atoms with van der Waals surface area (Å²) in [7, 11) is 1.57. The zero-order chi connectivity index (χ0) is 11.1. The van der Waals surface area contributed by atoms with Crippen LogP contribution in [0.4, 0.5) is 5.95 Å². The molecule has 0 spiro atoms. The van der Waals surface area contributed by atoms with Gasteiger partial charge >= 0.3 is 0 Å². The minimum Gasteiger partial charge on any atom is -0.478 e. The highest BCUT2D eigenvalue weighted by Gasteiger charge is 2.01. The van der Waals surface area contributed by atoms with Gasteiger partial charge in [0, 0.05) is 19.3 Å². The molecule has 0 aromatic carbocycles. The summed E-state index contributed by atoms with van der Waals surface area (Å²) in [5.41, 5.74) is 0. The van der Waals surface area contributed by atoms with E-state index in [1.54, 1.807) is 19.3 Å². The standard InChI is InChI=1S/C9H14N4O2/c1-3-15-8-4-5-11-9(13-8)12-6-7(14)10-2/h4-5H,3,6H2,1-2H3,(H,10,14)(H,11,12,13). The Balaban J connectivity index is 2.53. The number of aromatic nitrogens is 2. The van der Waals surface area contributed by atoms with Gasteiger partial charge in [-0.25, -0.2) is 4.98 Å². The second kappa shape index (κ2) is 5.79. The fourth-order valence-electron chi connectivity index (χ4n) is 0.903. The van der Waals surface area contributed by atoms with Gasteiger partial charge in [0.1, 0.15) is 0 Å². The van der Waals surface area contributed by atoms with Gasteiger partial charge in [-0.15, -0.1) is 0 Å². The average Bonchev–Trinajstić information content (AvgIpc) is 2.27. The van der Waals surface area contributed by atoms with E-state index < -0.39 is 0 Å². The molecule has 1 rings (SSSR count). The molecule has 0 unspecified atom stereocenters. The molecule has 0 bridgehead atoms. The van der Waals surface area contributed by atoms with E-state index in [9.17, 15) is 4.79 Å². The van der Waals surface area contributed by atoms with Crippen molar-refractivity contribution in [2.75, 3.05) is 25.5 Å². The van der Waals surface area contributed by atoms with E-state index in [-0.39, 0.29) is 12.5 Å². The SMILES string of the molecule is CCOc1ccnc(NCC(=O)NC)n1. The first-order valence-electron chi connectivity index (χ1n) is 4.66. The van der Waals surface area contributed by atoms with Crippen LogP contribution in [0, 0.1) is 0 Å². The van der Waals surface area contributed by atoms with Crippen molar-refractivity contribution in [3.8, 4) is 5.88 Å². The van der Waals surface area contributed by atoms with Crippen LogP contribution in [0.5, 0.6) is 5.88 Å². The maximum atomic E-state index is 10.9. The molecule has 0 saturated heterocycles. The van der Waals surface area contributed by atoms with E-state index in [2.05, 4.69) is 20.6 Å². The van der Waals surface area contributed by atoms with Gasteiger partial charge in [-0.1, -0.05) is 0 Å². The Kier molecular flexibility index (Phi) is 4.33. The molecule has 0 aliphatic heterocycles. The summed E-state index contributed by atoms with van der Waals surface area (Å²) in [6.45, 7) is 2.57. The van der Waals surface area contributed by atoms with E-state index in [0.29, 0.717) is 18.4 Å². The normalized spacial score (nSPS) is 9.47. The summed E-state index contributed by atoms with van der Waals surface area (Å²) >= 11 is 0. The van der Waals surface area contributed by atoms with Gasteiger partial charge in [0.15, 0.2) is 0 Å². The molecule has 6 heteroatoms. The van der Waals surface area contributed by atoms with Crippen LogP contribution in [-0.4, -0.2) is 36.1 Å². The quantitative estimate of drug-likeness (QED) is 0.717. The van der Waals surface area contributed by atoms with Crippen LogP contribution < -0.4 is 15.4 Å². The minimum atomic E-state index is -0.125. The Morgan fingerprint density at radius 1 is 1.60 bits per heavy atom. The van der Waals surface area contributed by atoms with Crippen LogP contribution in [0.15, 0.2) is 12.3 Å². The van der Waals surface area contributed by atoms with E-state index in [1.807, 2.05) is 6.92 Å². The van der Waals surface area contributed by atoms with Crippen molar-refractivity contribution in [2.24, 2.45) is 0 Å². The number of anilines is 1. The number of amides is 1. The summed E-state index contributed by atoms with van der Waals surface area (Å²) in [5.74, 6) is 0.747. The van der Waals surface area contributed by atoms with Gasteiger partial charge in [-0.3, -0.25) is 4.79 Å². The van der Waals surface area contributed by atoms with E-state index in [1.165, 1.54) is 0 Å². The molecular formula is C9H14N4O2. The lowest BCUT2D eigenvalue weighted by Gasteiger charge is -2.05. The summed E-state index contributed by atoms with van der Waals surface area (Å²) < 4.78 is 5.19. The third kappa shape index (κ3) is 3.80. The number of hydrogen-bond donors (Lipinski definition) is 2. The lowest BCUT2D eigenvalue weighted by molar-refractivity contribution is -0.118. The summed E-state index contributed by atoms with van der Waals surface area (Å²) in [6.07, 6.45) is 1.57. The number of carbonyl (C=O) groups excluding carboxylic acids is 1. The molecule has 15 heavy (non-hydrogen) atoms. The predicted octanol–water partition coefficient (Wildman–Crippen LogP) is 0.0332. The summed E-state index contributed by atoms with van der Waals surface area (Å²) in [5, 5.41) is 5.27. The van der Waals surface area contributed by atoms with Crippen LogP contribution in [-0.2, 0) is 4.79 Å². The van der Waals surface area contributed by atoms with Crippen molar-refractivity contribution < 1.29 is 9.53 Å². The molecule has 1 aromatic heterocycles. The van der Waals surface area contributed by atoms with Crippen LogP contribution >= 0.6 is 0 Å². The molecular weight excluding hydrogens is 196 g/mol. The highest BCUT2D eigenvalue weighted by molar-refractivity contribution is 5.79.